The van der Waals surface area contributed by atoms with Gasteiger partial charge in [-0.3, -0.25) is 29.6 Å². The highest BCUT2D eigenvalue weighted by atomic mass is 16.5. The monoisotopic (exact) mass is 519 g/mol. The van der Waals surface area contributed by atoms with Gasteiger partial charge in [0, 0.05) is 55.6 Å². The average Bonchev–Trinajstić information content (AvgIpc) is 3.49. The highest BCUT2D eigenvalue weighted by Crippen LogP contribution is 2.31. The number of morpholine rings is 1. The van der Waals surface area contributed by atoms with Crippen LogP contribution in [0.2, 0.25) is 0 Å². The molecule has 2 fully saturated rings. The maximum atomic E-state index is 12.6. The predicted octanol–water partition coefficient (Wildman–Crippen LogP) is 3.56. The molecule has 5 heterocycles. The number of nitrogens with one attached hydrogen (secondary N) is 1. The largest absolute Gasteiger partial charge is 0.455 e. The molecule has 3 aromatic rings. The van der Waals surface area contributed by atoms with Gasteiger partial charge in [-0.2, -0.15) is 5.10 Å². The molecule has 11 heteroatoms. The number of hydrogen-bond acceptors (Lipinski definition) is 8. The van der Waals surface area contributed by atoms with E-state index in [9.17, 15) is 9.59 Å². The number of carbonyl (C=O) groups is 2. The van der Waals surface area contributed by atoms with Crippen molar-refractivity contribution in [2.24, 2.45) is 5.41 Å². The second kappa shape index (κ2) is 10.9. The number of hydrogen-bond donors (Lipinski definition) is 1. The molecular formula is C27H33N7O4. The molecule has 5 rings (SSSR count). The van der Waals surface area contributed by atoms with E-state index in [1.165, 1.54) is 4.90 Å². The Morgan fingerprint density at radius 1 is 1.16 bits per heavy atom. The Hall–Kier alpha value is -3.83. The predicted molar refractivity (Wildman–Crippen MR) is 141 cm³/mol. The molecule has 200 valence electrons. The summed E-state index contributed by atoms with van der Waals surface area (Å²) in [4.78, 5) is 37.6. The van der Waals surface area contributed by atoms with E-state index < -0.39 is 11.4 Å². The minimum atomic E-state index is -0.524. The number of nitrogens with zero attached hydrogens (tertiary/aromatic N) is 6. The van der Waals surface area contributed by atoms with Gasteiger partial charge in [0.2, 0.25) is 5.91 Å². The van der Waals surface area contributed by atoms with E-state index in [1.54, 1.807) is 31.3 Å². The van der Waals surface area contributed by atoms with E-state index in [0.29, 0.717) is 36.0 Å². The SMILES string of the molecule is Cc1nc(NC(=O)N2CCC(C)(C)C2=O)ccc1Oc1ccnc(-c2cnn(CCN3CCOCC3)c2)c1. The molecule has 38 heavy (non-hydrogen) atoms. The summed E-state index contributed by atoms with van der Waals surface area (Å²) in [5.41, 5.74) is 1.74. The van der Waals surface area contributed by atoms with Crippen molar-refractivity contribution in [2.45, 2.75) is 33.7 Å². The molecule has 2 saturated heterocycles. The minimum absolute atomic E-state index is 0.178. The number of imide groups is 1. The third-order valence-corrected chi connectivity index (χ3v) is 6.94. The summed E-state index contributed by atoms with van der Waals surface area (Å²) in [5, 5.41) is 7.21. The van der Waals surface area contributed by atoms with Crippen molar-refractivity contribution in [2.75, 3.05) is 44.7 Å². The lowest BCUT2D eigenvalue weighted by atomic mass is 9.92. The van der Waals surface area contributed by atoms with Crippen LogP contribution in [0.3, 0.4) is 0 Å². The summed E-state index contributed by atoms with van der Waals surface area (Å²) in [6.07, 6.45) is 6.13. The van der Waals surface area contributed by atoms with Gasteiger partial charge in [-0.15, -0.1) is 0 Å². The number of aromatic nitrogens is 4. The van der Waals surface area contributed by atoms with Gasteiger partial charge in [-0.05, 0) is 31.5 Å². The standard InChI is InChI=1S/C27H33N7O4/c1-19-23(4-5-24(30-19)31-26(36)34-9-7-27(2,3)25(34)35)38-21-6-8-28-22(16-21)20-17-29-33(18-20)11-10-32-12-14-37-15-13-32/h4-6,8,16-18H,7,9-15H2,1-3H3,(H,30,31,36). The van der Waals surface area contributed by atoms with Crippen molar-refractivity contribution in [3.8, 4) is 22.8 Å². The smallest absolute Gasteiger partial charge is 0.329 e. The van der Waals surface area contributed by atoms with E-state index >= 15 is 0 Å². The fourth-order valence-electron chi connectivity index (χ4n) is 4.51. The molecule has 0 aliphatic carbocycles. The first-order chi connectivity index (χ1) is 18.3. The van der Waals surface area contributed by atoms with Crippen molar-refractivity contribution in [3.05, 3.63) is 48.5 Å². The number of aryl methyl sites for hydroxylation is 1. The molecule has 0 spiro atoms. The van der Waals surface area contributed by atoms with Crippen LogP contribution < -0.4 is 10.1 Å². The number of carbonyl (C=O) groups excluding carboxylic acids is 2. The lowest BCUT2D eigenvalue weighted by Gasteiger charge is -2.26. The number of pyridine rings is 2. The highest BCUT2D eigenvalue weighted by molar-refractivity contribution is 6.03. The number of anilines is 1. The van der Waals surface area contributed by atoms with Gasteiger partial charge in [0.15, 0.2) is 0 Å². The third kappa shape index (κ3) is 5.84. The maximum absolute atomic E-state index is 12.6. The van der Waals surface area contributed by atoms with Crippen LogP contribution in [0.15, 0.2) is 42.9 Å². The summed E-state index contributed by atoms with van der Waals surface area (Å²) < 4.78 is 13.4. The Balaban J connectivity index is 1.20. The van der Waals surface area contributed by atoms with Gasteiger partial charge >= 0.3 is 6.03 Å². The second-order valence-corrected chi connectivity index (χ2v) is 10.2. The zero-order valence-corrected chi connectivity index (χ0v) is 22.0. The summed E-state index contributed by atoms with van der Waals surface area (Å²) >= 11 is 0. The zero-order chi connectivity index (χ0) is 26.7. The topological polar surface area (TPSA) is 115 Å². The fourth-order valence-corrected chi connectivity index (χ4v) is 4.51. The van der Waals surface area contributed by atoms with Crippen molar-refractivity contribution in [1.82, 2.24) is 29.5 Å². The van der Waals surface area contributed by atoms with E-state index in [1.807, 2.05) is 37.0 Å². The Labute approximate surface area is 221 Å². The van der Waals surface area contributed by atoms with Crippen LogP contribution in [0.25, 0.3) is 11.3 Å². The second-order valence-electron chi connectivity index (χ2n) is 10.2. The van der Waals surface area contributed by atoms with Crippen LogP contribution in [0.1, 0.15) is 26.0 Å². The molecule has 3 amide bonds. The van der Waals surface area contributed by atoms with Gasteiger partial charge in [0.1, 0.15) is 17.3 Å². The van der Waals surface area contributed by atoms with Crippen molar-refractivity contribution in [1.29, 1.82) is 0 Å². The molecule has 0 unspecified atom stereocenters. The van der Waals surface area contributed by atoms with Crippen LogP contribution in [-0.2, 0) is 16.1 Å². The molecule has 11 nitrogen and oxygen atoms in total. The molecule has 2 aliphatic heterocycles. The molecule has 2 aliphatic rings. The molecule has 0 bridgehead atoms. The Morgan fingerprint density at radius 3 is 2.71 bits per heavy atom. The number of urea groups is 1. The first-order valence-electron chi connectivity index (χ1n) is 12.9. The van der Waals surface area contributed by atoms with Crippen molar-refractivity contribution < 1.29 is 19.1 Å². The average molecular weight is 520 g/mol. The van der Waals surface area contributed by atoms with E-state index in [0.717, 1.165) is 50.7 Å². The summed E-state index contributed by atoms with van der Waals surface area (Å²) in [6.45, 7) is 11.1. The Kier molecular flexibility index (Phi) is 7.39. The first kappa shape index (κ1) is 25.8. The van der Waals surface area contributed by atoms with Crippen LogP contribution >= 0.6 is 0 Å². The summed E-state index contributed by atoms with van der Waals surface area (Å²) in [5.74, 6) is 1.35. The van der Waals surface area contributed by atoms with E-state index in [-0.39, 0.29) is 5.91 Å². The summed E-state index contributed by atoms with van der Waals surface area (Å²) in [7, 11) is 0. The van der Waals surface area contributed by atoms with Gasteiger partial charge in [-0.1, -0.05) is 13.8 Å². The fraction of sp³-hybridized carbons (Fsp3) is 0.444. The lowest BCUT2D eigenvalue weighted by molar-refractivity contribution is -0.131. The molecule has 0 atom stereocenters. The quantitative estimate of drug-likeness (QED) is 0.504. The number of rotatable bonds is 7. The maximum Gasteiger partial charge on any atom is 0.329 e. The van der Waals surface area contributed by atoms with Crippen LogP contribution in [0.5, 0.6) is 11.5 Å². The van der Waals surface area contributed by atoms with Gasteiger partial charge < -0.3 is 9.47 Å². The third-order valence-electron chi connectivity index (χ3n) is 6.94. The van der Waals surface area contributed by atoms with Gasteiger partial charge in [-0.25, -0.2) is 9.78 Å². The lowest BCUT2D eigenvalue weighted by Crippen LogP contribution is -2.39. The minimum Gasteiger partial charge on any atom is -0.455 e. The Morgan fingerprint density at radius 2 is 1.97 bits per heavy atom. The van der Waals surface area contributed by atoms with Crippen LogP contribution in [0, 0.1) is 12.3 Å². The molecule has 0 radical (unpaired) electrons. The normalized spacial score (nSPS) is 17.6. The zero-order valence-electron chi connectivity index (χ0n) is 22.0. The van der Waals surface area contributed by atoms with E-state index in [4.69, 9.17) is 9.47 Å². The molecule has 0 saturated carbocycles. The van der Waals surface area contributed by atoms with Crippen LogP contribution in [0.4, 0.5) is 10.6 Å². The van der Waals surface area contributed by atoms with Gasteiger partial charge in [0.05, 0.1) is 37.3 Å². The number of amides is 3. The number of ether oxygens (including phenoxy) is 2. The van der Waals surface area contributed by atoms with Gasteiger partial charge in [0.25, 0.3) is 0 Å². The molecule has 3 aromatic heterocycles. The summed E-state index contributed by atoms with van der Waals surface area (Å²) in [6, 6.07) is 6.58. The van der Waals surface area contributed by atoms with Crippen molar-refractivity contribution in [3.63, 3.8) is 0 Å². The number of likely N-dealkylation sites (tertiary alicyclic amines) is 1. The molecular weight excluding hydrogens is 486 g/mol. The molecule has 1 N–H and O–H groups in total. The van der Waals surface area contributed by atoms with Crippen molar-refractivity contribution >= 4 is 17.8 Å². The van der Waals surface area contributed by atoms with E-state index in [2.05, 4.69) is 25.3 Å². The highest BCUT2D eigenvalue weighted by Gasteiger charge is 2.41. The first-order valence-corrected chi connectivity index (χ1v) is 12.9. The Bertz CT molecular complexity index is 1320. The molecule has 0 aromatic carbocycles. The van der Waals surface area contributed by atoms with Crippen LogP contribution in [-0.4, -0.2) is 80.9 Å².